The van der Waals surface area contributed by atoms with Crippen molar-refractivity contribution >= 4 is 8.96 Å². The molecule has 9 heavy (non-hydrogen) atoms. The molecular formula is C7H17NSi. The van der Waals surface area contributed by atoms with Gasteiger partial charge in [-0.25, -0.2) is 0 Å². The molecule has 0 saturated carbocycles. The first-order chi connectivity index (χ1) is 3.95. The highest BCUT2D eigenvalue weighted by Crippen LogP contribution is 1.98. The van der Waals surface area contributed by atoms with E-state index >= 15 is 0 Å². The largest absolute Gasteiger partial charge is 0.332 e. The quantitative estimate of drug-likeness (QED) is 0.577. The van der Waals surface area contributed by atoms with Crippen LogP contribution in [0.25, 0.3) is 0 Å². The van der Waals surface area contributed by atoms with Gasteiger partial charge in [0.1, 0.15) is 8.96 Å². The van der Waals surface area contributed by atoms with Gasteiger partial charge in [0, 0.05) is 5.54 Å². The Balaban J connectivity index is 3.59. The molecule has 0 aromatic heterocycles. The van der Waals surface area contributed by atoms with Crippen molar-refractivity contribution in [1.29, 1.82) is 0 Å². The predicted octanol–water partition coefficient (Wildman–Crippen LogP) is 1.45. The van der Waals surface area contributed by atoms with Crippen LogP contribution in [0.5, 0.6) is 0 Å². The minimum absolute atomic E-state index is 0.264. The Hall–Kier alpha value is -0.0831. The first-order valence-corrected chi connectivity index (χ1v) is 5.76. The SMILES string of the molecule is C=C[SiH](C)NC(C)(C)C. The lowest BCUT2D eigenvalue weighted by Crippen LogP contribution is -2.44. The van der Waals surface area contributed by atoms with E-state index in [9.17, 15) is 0 Å². The Bertz CT molecular complexity index is 93.6. The molecule has 54 valence electrons. The van der Waals surface area contributed by atoms with Gasteiger partial charge >= 0.3 is 0 Å². The van der Waals surface area contributed by atoms with Crippen LogP contribution in [0.3, 0.4) is 0 Å². The monoisotopic (exact) mass is 143 g/mol. The summed E-state index contributed by atoms with van der Waals surface area (Å²) < 4.78 is 0. The molecule has 2 heteroatoms. The maximum absolute atomic E-state index is 3.74. The molecule has 0 heterocycles. The maximum Gasteiger partial charge on any atom is 0.130 e. The Morgan fingerprint density at radius 1 is 1.44 bits per heavy atom. The lowest BCUT2D eigenvalue weighted by molar-refractivity contribution is 0.520. The summed E-state index contributed by atoms with van der Waals surface area (Å²) in [4.78, 5) is 3.49. The average Bonchev–Trinajstić information content (AvgIpc) is 1.62. The van der Waals surface area contributed by atoms with Gasteiger partial charge in [0.2, 0.25) is 0 Å². The standard InChI is InChI=1S/C7H17NSi/c1-6-9(5)8-7(2,3)4/h6,8-9H,1H2,2-5H3. The van der Waals surface area contributed by atoms with Crippen LogP contribution in [-0.4, -0.2) is 14.5 Å². The Morgan fingerprint density at radius 3 is 2.00 bits per heavy atom. The molecule has 0 aliphatic heterocycles. The highest BCUT2D eigenvalue weighted by atomic mass is 28.3. The lowest BCUT2D eigenvalue weighted by Gasteiger charge is -2.23. The van der Waals surface area contributed by atoms with Gasteiger partial charge in [-0.1, -0.05) is 12.2 Å². The third kappa shape index (κ3) is 5.79. The summed E-state index contributed by atoms with van der Waals surface area (Å²) in [6, 6.07) is 0. The number of rotatable bonds is 2. The second kappa shape index (κ2) is 3.18. The molecule has 0 amide bonds. The Labute approximate surface area is 59.8 Å². The van der Waals surface area contributed by atoms with Crippen molar-refractivity contribution in [2.24, 2.45) is 0 Å². The summed E-state index contributed by atoms with van der Waals surface area (Å²) in [6.45, 7) is 12.5. The van der Waals surface area contributed by atoms with Crippen molar-refractivity contribution in [3.05, 3.63) is 12.3 Å². The molecule has 1 N–H and O–H groups in total. The molecule has 0 aromatic carbocycles. The molecule has 0 saturated heterocycles. The first kappa shape index (κ1) is 8.92. The van der Waals surface area contributed by atoms with E-state index in [-0.39, 0.29) is 5.54 Å². The molecule has 0 aliphatic carbocycles. The molecule has 0 fully saturated rings. The predicted molar refractivity (Wildman–Crippen MR) is 46.1 cm³/mol. The molecule has 1 unspecified atom stereocenters. The fourth-order valence-electron chi connectivity index (χ4n) is 0.742. The minimum atomic E-state index is -0.792. The molecule has 0 radical (unpaired) electrons. The molecular weight excluding hydrogens is 126 g/mol. The summed E-state index contributed by atoms with van der Waals surface area (Å²) in [5.41, 5.74) is 2.31. The summed E-state index contributed by atoms with van der Waals surface area (Å²) in [5.74, 6) is 0. The van der Waals surface area contributed by atoms with Gasteiger partial charge in [-0.05, 0) is 20.8 Å². The highest BCUT2D eigenvalue weighted by Gasteiger charge is 2.10. The van der Waals surface area contributed by atoms with Crippen LogP contribution in [-0.2, 0) is 0 Å². The summed E-state index contributed by atoms with van der Waals surface area (Å²) >= 11 is 0. The lowest BCUT2D eigenvalue weighted by atomic mass is 10.1. The van der Waals surface area contributed by atoms with Gasteiger partial charge in [-0.3, -0.25) is 0 Å². The Morgan fingerprint density at radius 2 is 1.89 bits per heavy atom. The molecule has 0 bridgehead atoms. The van der Waals surface area contributed by atoms with E-state index in [2.05, 4.69) is 38.9 Å². The molecule has 1 nitrogen and oxygen atoms in total. The topological polar surface area (TPSA) is 12.0 Å². The van der Waals surface area contributed by atoms with Gasteiger partial charge in [0.25, 0.3) is 0 Å². The third-order valence-corrected chi connectivity index (χ3v) is 3.04. The molecule has 0 aliphatic rings. The molecule has 0 spiro atoms. The van der Waals surface area contributed by atoms with E-state index in [0.29, 0.717) is 0 Å². The van der Waals surface area contributed by atoms with Crippen LogP contribution < -0.4 is 4.98 Å². The maximum atomic E-state index is 3.74. The molecule has 1 atom stereocenters. The zero-order valence-electron chi connectivity index (χ0n) is 6.86. The second-order valence-corrected chi connectivity index (χ2v) is 5.76. The first-order valence-electron chi connectivity index (χ1n) is 3.36. The molecule has 0 aromatic rings. The smallest absolute Gasteiger partial charge is 0.130 e. The van der Waals surface area contributed by atoms with Gasteiger partial charge in [-0.15, -0.1) is 6.58 Å². The van der Waals surface area contributed by atoms with Crippen LogP contribution in [0.15, 0.2) is 12.3 Å². The van der Waals surface area contributed by atoms with Crippen LogP contribution in [0.4, 0.5) is 0 Å². The van der Waals surface area contributed by atoms with E-state index in [1.54, 1.807) is 0 Å². The van der Waals surface area contributed by atoms with Gasteiger partial charge in [0.15, 0.2) is 0 Å². The van der Waals surface area contributed by atoms with Crippen molar-refractivity contribution in [2.45, 2.75) is 32.9 Å². The summed E-state index contributed by atoms with van der Waals surface area (Å²) in [6.07, 6.45) is 0. The second-order valence-electron chi connectivity index (χ2n) is 3.42. The zero-order valence-corrected chi connectivity index (χ0v) is 8.02. The number of nitrogens with one attached hydrogen (secondary N) is 1. The van der Waals surface area contributed by atoms with Gasteiger partial charge in [-0.2, -0.15) is 0 Å². The normalized spacial score (nSPS) is 15.1. The van der Waals surface area contributed by atoms with E-state index in [0.717, 1.165) is 0 Å². The van der Waals surface area contributed by atoms with Crippen molar-refractivity contribution in [3.8, 4) is 0 Å². The summed E-state index contributed by atoms with van der Waals surface area (Å²) in [7, 11) is -0.792. The van der Waals surface area contributed by atoms with Crippen molar-refractivity contribution < 1.29 is 0 Å². The van der Waals surface area contributed by atoms with E-state index in [1.807, 2.05) is 5.70 Å². The fraction of sp³-hybridized carbons (Fsp3) is 0.714. The summed E-state index contributed by atoms with van der Waals surface area (Å²) in [5, 5.41) is 0. The fourth-order valence-corrected chi connectivity index (χ4v) is 2.23. The van der Waals surface area contributed by atoms with Gasteiger partial charge in [0.05, 0.1) is 0 Å². The van der Waals surface area contributed by atoms with Crippen molar-refractivity contribution in [3.63, 3.8) is 0 Å². The minimum Gasteiger partial charge on any atom is -0.332 e. The average molecular weight is 143 g/mol. The zero-order chi connectivity index (χ0) is 7.49. The Kier molecular flexibility index (Phi) is 3.15. The number of hydrogen-bond donors (Lipinski definition) is 1. The highest BCUT2D eigenvalue weighted by molar-refractivity contribution is 6.60. The number of hydrogen-bond acceptors (Lipinski definition) is 1. The van der Waals surface area contributed by atoms with E-state index < -0.39 is 8.96 Å². The van der Waals surface area contributed by atoms with Crippen LogP contribution in [0, 0.1) is 0 Å². The van der Waals surface area contributed by atoms with Crippen LogP contribution in [0.2, 0.25) is 6.55 Å². The third-order valence-electron chi connectivity index (χ3n) is 1.01. The van der Waals surface area contributed by atoms with Crippen LogP contribution >= 0.6 is 0 Å². The van der Waals surface area contributed by atoms with Crippen molar-refractivity contribution in [1.82, 2.24) is 4.98 Å². The molecule has 0 rings (SSSR count). The van der Waals surface area contributed by atoms with E-state index in [1.165, 1.54) is 0 Å². The van der Waals surface area contributed by atoms with Crippen molar-refractivity contribution in [2.75, 3.05) is 0 Å². The van der Waals surface area contributed by atoms with E-state index in [4.69, 9.17) is 0 Å². The van der Waals surface area contributed by atoms with Crippen LogP contribution in [0.1, 0.15) is 20.8 Å². The van der Waals surface area contributed by atoms with Gasteiger partial charge < -0.3 is 4.98 Å².